The molecule has 88 valence electrons. The van der Waals surface area contributed by atoms with E-state index in [9.17, 15) is 9.90 Å². The van der Waals surface area contributed by atoms with Gasteiger partial charge >= 0.3 is 5.97 Å². The van der Waals surface area contributed by atoms with Gasteiger partial charge in [0.2, 0.25) is 0 Å². The van der Waals surface area contributed by atoms with E-state index in [-0.39, 0.29) is 11.9 Å². The molecule has 0 radical (unpaired) electrons. The first kappa shape index (κ1) is 12.6. The van der Waals surface area contributed by atoms with Gasteiger partial charge in [0.25, 0.3) is 0 Å². The SMILES string of the molecule is COC(=O)CC(C)Cc1ccc(C)c(O)c1. The van der Waals surface area contributed by atoms with Gasteiger partial charge in [-0.25, -0.2) is 0 Å². The maximum Gasteiger partial charge on any atom is 0.305 e. The lowest BCUT2D eigenvalue weighted by molar-refractivity contribution is -0.141. The van der Waals surface area contributed by atoms with Crippen LogP contribution >= 0.6 is 0 Å². The van der Waals surface area contributed by atoms with Crippen LogP contribution < -0.4 is 0 Å². The van der Waals surface area contributed by atoms with E-state index >= 15 is 0 Å². The summed E-state index contributed by atoms with van der Waals surface area (Å²) in [6.45, 7) is 3.85. The molecule has 0 aliphatic heterocycles. The molecule has 0 saturated heterocycles. The fraction of sp³-hybridized carbons (Fsp3) is 0.462. The normalized spacial score (nSPS) is 12.2. The topological polar surface area (TPSA) is 46.5 Å². The number of benzene rings is 1. The molecule has 3 nitrogen and oxygen atoms in total. The molecule has 0 bridgehead atoms. The molecule has 0 amide bonds. The van der Waals surface area contributed by atoms with E-state index in [1.807, 2.05) is 26.0 Å². The van der Waals surface area contributed by atoms with Crippen molar-refractivity contribution in [3.8, 4) is 5.75 Å². The summed E-state index contributed by atoms with van der Waals surface area (Å²) >= 11 is 0. The van der Waals surface area contributed by atoms with Gasteiger partial charge in [-0.2, -0.15) is 0 Å². The first-order valence-corrected chi connectivity index (χ1v) is 5.38. The van der Waals surface area contributed by atoms with Gasteiger partial charge in [-0.15, -0.1) is 0 Å². The zero-order chi connectivity index (χ0) is 12.1. The van der Waals surface area contributed by atoms with E-state index in [1.165, 1.54) is 7.11 Å². The first-order valence-electron chi connectivity index (χ1n) is 5.38. The van der Waals surface area contributed by atoms with E-state index < -0.39 is 0 Å². The smallest absolute Gasteiger partial charge is 0.305 e. The fourth-order valence-corrected chi connectivity index (χ4v) is 1.62. The summed E-state index contributed by atoms with van der Waals surface area (Å²) in [4.78, 5) is 11.1. The molecule has 0 spiro atoms. The summed E-state index contributed by atoms with van der Waals surface area (Å²) in [6.07, 6.45) is 1.17. The summed E-state index contributed by atoms with van der Waals surface area (Å²) in [5.41, 5.74) is 1.91. The monoisotopic (exact) mass is 222 g/mol. The summed E-state index contributed by atoms with van der Waals surface area (Å²) in [5, 5.41) is 9.55. The molecule has 0 aliphatic rings. The molecule has 1 N–H and O–H groups in total. The van der Waals surface area contributed by atoms with Crippen LogP contribution in [-0.2, 0) is 16.0 Å². The number of rotatable bonds is 4. The predicted molar refractivity (Wildman–Crippen MR) is 62.3 cm³/mol. The Morgan fingerprint density at radius 1 is 1.50 bits per heavy atom. The highest BCUT2D eigenvalue weighted by Crippen LogP contribution is 2.20. The van der Waals surface area contributed by atoms with Crippen LogP contribution in [0.15, 0.2) is 18.2 Å². The summed E-state index contributed by atoms with van der Waals surface area (Å²) in [5.74, 6) is 0.334. The first-order chi connectivity index (χ1) is 7.52. The van der Waals surface area contributed by atoms with Crippen molar-refractivity contribution in [3.05, 3.63) is 29.3 Å². The second kappa shape index (κ2) is 5.54. The van der Waals surface area contributed by atoms with Crippen molar-refractivity contribution in [1.82, 2.24) is 0 Å². The Kier molecular flexibility index (Phi) is 4.35. The molecule has 3 heteroatoms. The van der Waals surface area contributed by atoms with Crippen LogP contribution in [0.2, 0.25) is 0 Å². The zero-order valence-electron chi connectivity index (χ0n) is 9.99. The highest BCUT2D eigenvalue weighted by atomic mass is 16.5. The standard InChI is InChI=1S/C13H18O3/c1-9(7-13(15)16-3)6-11-5-4-10(2)12(14)8-11/h4-5,8-9,14H,6-7H2,1-3H3. The highest BCUT2D eigenvalue weighted by Gasteiger charge is 2.10. The zero-order valence-corrected chi connectivity index (χ0v) is 9.99. The number of esters is 1. The number of carbonyl (C=O) groups excluding carboxylic acids is 1. The van der Waals surface area contributed by atoms with E-state index in [1.54, 1.807) is 6.07 Å². The molecular weight excluding hydrogens is 204 g/mol. The Bertz CT molecular complexity index is 371. The molecule has 1 rings (SSSR count). The average molecular weight is 222 g/mol. The second-order valence-electron chi connectivity index (χ2n) is 4.21. The quantitative estimate of drug-likeness (QED) is 0.796. The predicted octanol–water partition coefficient (Wildman–Crippen LogP) is 2.44. The van der Waals surface area contributed by atoms with Crippen molar-refractivity contribution in [2.24, 2.45) is 5.92 Å². The molecule has 1 unspecified atom stereocenters. The largest absolute Gasteiger partial charge is 0.508 e. The van der Waals surface area contributed by atoms with E-state index in [4.69, 9.17) is 0 Å². The molecule has 1 atom stereocenters. The van der Waals surface area contributed by atoms with Crippen molar-refractivity contribution < 1.29 is 14.6 Å². The Hall–Kier alpha value is -1.51. The van der Waals surface area contributed by atoms with Crippen LogP contribution in [0.25, 0.3) is 0 Å². The second-order valence-corrected chi connectivity index (χ2v) is 4.21. The minimum atomic E-state index is -0.191. The Balaban J connectivity index is 2.59. The van der Waals surface area contributed by atoms with Gasteiger partial charge in [0.05, 0.1) is 7.11 Å². The minimum Gasteiger partial charge on any atom is -0.508 e. The van der Waals surface area contributed by atoms with Crippen molar-refractivity contribution in [3.63, 3.8) is 0 Å². The fourth-order valence-electron chi connectivity index (χ4n) is 1.62. The van der Waals surface area contributed by atoms with E-state index in [2.05, 4.69) is 4.74 Å². The van der Waals surface area contributed by atoms with Crippen LogP contribution in [0.1, 0.15) is 24.5 Å². The molecule has 16 heavy (non-hydrogen) atoms. The van der Waals surface area contributed by atoms with Gasteiger partial charge in [0, 0.05) is 6.42 Å². The molecule has 0 saturated carbocycles. The van der Waals surface area contributed by atoms with E-state index in [0.717, 1.165) is 17.5 Å². The lowest BCUT2D eigenvalue weighted by Gasteiger charge is -2.10. The van der Waals surface area contributed by atoms with Gasteiger partial charge in [0.1, 0.15) is 5.75 Å². The number of hydrogen-bond donors (Lipinski definition) is 1. The third-order valence-electron chi connectivity index (χ3n) is 2.60. The molecular formula is C13H18O3. The number of hydrogen-bond acceptors (Lipinski definition) is 3. The van der Waals surface area contributed by atoms with Crippen molar-refractivity contribution in [2.75, 3.05) is 7.11 Å². The number of carbonyl (C=O) groups is 1. The number of methoxy groups -OCH3 is 1. The number of phenolic OH excluding ortho intramolecular Hbond substituents is 1. The van der Waals surface area contributed by atoms with Crippen LogP contribution in [0.3, 0.4) is 0 Å². The van der Waals surface area contributed by atoms with E-state index in [0.29, 0.717) is 12.2 Å². The van der Waals surface area contributed by atoms with Crippen LogP contribution in [0.5, 0.6) is 5.75 Å². The highest BCUT2D eigenvalue weighted by molar-refractivity contribution is 5.69. The molecule has 0 aliphatic carbocycles. The number of phenols is 1. The minimum absolute atomic E-state index is 0.191. The lowest BCUT2D eigenvalue weighted by atomic mass is 9.97. The third kappa shape index (κ3) is 3.57. The van der Waals surface area contributed by atoms with Crippen molar-refractivity contribution in [2.45, 2.75) is 26.7 Å². The number of aromatic hydroxyl groups is 1. The Labute approximate surface area is 96.1 Å². The molecule has 1 aromatic carbocycles. The average Bonchev–Trinajstić information content (AvgIpc) is 2.23. The maximum atomic E-state index is 11.1. The van der Waals surface area contributed by atoms with Gasteiger partial charge < -0.3 is 9.84 Å². The Morgan fingerprint density at radius 3 is 2.75 bits per heavy atom. The van der Waals surface area contributed by atoms with Gasteiger partial charge in [-0.05, 0) is 36.5 Å². The van der Waals surface area contributed by atoms with Gasteiger partial charge in [-0.1, -0.05) is 19.1 Å². The molecule has 0 heterocycles. The summed E-state index contributed by atoms with van der Waals surface area (Å²) in [7, 11) is 1.40. The van der Waals surface area contributed by atoms with Crippen LogP contribution in [0, 0.1) is 12.8 Å². The van der Waals surface area contributed by atoms with Gasteiger partial charge in [-0.3, -0.25) is 4.79 Å². The Morgan fingerprint density at radius 2 is 2.19 bits per heavy atom. The van der Waals surface area contributed by atoms with Crippen LogP contribution in [0.4, 0.5) is 0 Å². The number of aryl methyl sites for hydroxylation is 1. The van der Waals surface area contributed by atoms with Gasteiger partial charge in [0.15, 0.2) is 0 Å². The third-order valence-corrected chi connectivity index (χ3v) is 2.60. The summed E-state index contributed by atoms with van der Waals surface area (Å²) < 4.78 is 4.61. The lowest BCUT2D eigenvalue weighted by Crippen LogP contribution is -2.09. The van der Waals surface area contributed by atoms with Crippen LogP contribution in [-0.4, -0.2) is 18.2 Å². The van der Waals surface area contributed by atoms with Crippen molar-refractivity contribution in [1.29, 1.82) is 0 Å². The molecule has 1 aromatic rings. The number of ether oxygens (including phenoxy) is 1. The molecule has 0 fully saturated rings. The maximum absolute atomic E-state index is 11.1. The van der Waals surface area contributed by atoms with Crippen molar-refractivity contribution >= 4 is 5.97 Å². The molecule has 0 aromatic heterocycles. The summed E-state index contributed by atoms with van der Waals surface area (Å²) in [6, 6.07) is 5.61.